The van der Waals surface area contributed by atoms with Crippen LogP contribution in [0.15, 0.2) is 77.5 Å². The molecule has 1 unspecified atom stereocenters. The van der Waals surface area contributed by atoms with Crippen LogP contribution >= 0.6 is 0 Å². The third kappa shape index (κ3) is 3.24. The molecule has 0 bridgehead atoms. The van der Waals surface area contributed by atoms with Crippen molar-refractivity contribution in [2.24, 2.45) is 0 Å². The zero-order valence-corrected chi connectivity index (χ0v) is 14.0. The van der Waals surface area contributed by atoms with Crippen molar-refractivity contribution in [2.45, 2.75) is 12.3 Å². The number of rotatable bonds is 6. The number of hydrogen-bond acceptors (Lipinski definition) is 2. The largest absolute Gasteiger partial charge is 0.497 e. The Morgan fingerprint density at radius 3 is 2.40 bits per heavy atom. The highest BCUT2D eigenvalue weighted by Crippen LogP contribution is 2.33. The average Bonchev–Trinajstić information content (AvgIpc) is 3.40. The van der Waals surface area contributed by atoms with Gasteiger partial charge in [0.1, 0.15) is 17.3 Å². The number of H-pyrrole nitrogens is 2. The zero-order valence-electron chi connectivity index (χ0n) is 14.0. The van der Waals surface area contributed by atoms with Crippen LogP contribution in [0, 0.1) is 0 Å². The molecule has 0 fully saturated rings. The Hall–Kier alpha value is -3.14. The minimum absolute atomic E-state index is 0.0262. The van der Waals surface area contributed by atoms with Crippen molar-refractivity contribution < 1.29 is 9.15 Å². The summed E-state index contributed by atoms with van der Waals surface area (Å²) < 4.78 is 11.5. The zero-order chi connectivity index (χ0) is 17.1. The molecule has 1 atom stereocenters. The van der Waals surface area contributed by atoms with Crippen LogP contribution in [0.4, 0.5) is 0 Å². The van der Waals surface area contributed by atoms with Crippen molar-refractivity contribution in [3.63, 3.8) is 0 Å². The maximum absolute atomic E-state index is 6.18. The molecule has 3 aromatic heterocycles. The van der Waals surface area contributed by atoms with Crippen molar-refractivity contribution >= 4 is 0 Å². The Kier molecular flexibility index (Phi) is 4.17. The number of aromatic nitrogens is 2. The topological polar surface area (TPSA) is 54.0 Å². The molecular weight excluding hydrogens is 312 g/mol. The fraction of sp³-hybridized carbons (Fsp3) is 0.143. The normalized spacial score (nSPS) is 12.2. The number of aromatic amines is 2. The maximum Gasteiger partial charge on any atom is 0.118 e. The van der Waals surface area contributed by atoms with Gasteiger partial charge in [-0.3, -0.25) is 0 Å². The smallest absolute Gasteiger partial charge is 0.118 e. The molecule has 4 rings (SSSR count). The quantitative estimate of drug-likeness (QED) is 0.537. The molecule has 4 nitrogen and oxygen atoms in total. The van der Waals surface area contributed by atoms with Crippen molar-refractivity contribution in [1.82, 2.24) is 9.97 Å². The van der Waals surface area contributed by atoms with Crippen molar-refractivity contribution in [2.75, 3.05) is 7.11 Å². The van der Waals surface area contributed by atoms with Gasteiger partial charge >= 0.3 is 0 Å². The van der Waals surface area contributed by atoms with Crippen LogP contribution in [0.3, 0.4) is 0 Å². The third-order valence-electron chi connectivity index (χ3n) is 4.38. The first kappa shape index (κ1) is 15.4. The summed E-state index contributed by atoms with van der Waals surface area (Å²) in [5.74, 6) is 2.75. The van der Waals surface area contributed by atoms with E-state index in [1.165, 1.54) is 0 Å². The van der Waals surface area contributed by atoms with E-state index >= 15 is 0 Å². The minimum atomic E-state index is 0.0262. The van der Waals surface area contributed by atoms with Gasteiger partial charge in [-0.1, -0.05) is 12.1 Å². The Bertz CT molecular complexity index is 903. The summed E-state index contributed by atoms with van der Waals surface area (Å²) in [5.41, 5.74) is 3.40. The molecule has 0 saturated heterocycles. The van der Waals surface area contributed by atoms with E-state index in [9.17, 15) is 0 Å². The fourth-order valence-electron chi connectivity index (χ4n) is 3.13. The van der Waals surface area contributed by atoms with Crippen LogP contribution in [-0.2, 0) is 6.42 Å². The van der Waals surface area contributed by atoms with E-state index in [1.807, 2.05) is 36.7 Å². The van der Waals surface area contributed by atoms with Gasteiger partial charge in [-0.25, -0.2) is 0 Å². The van der Waals surface area contributed by atoms with E-state index in [-0.39, 0.29) is 5.92 Å². The van der Waals surface area contributed by atoms with Crippen molar-refractivity contribution in [1.29, 1.82) is 0 Å². The van der Waals surface area contributed by atoms with E-state index in [1.54, 1.807) is 7.11 Å². The molecule has 3 heterocycles. The van der Waals surface area contributed by atoms with E-state index in [0.717, 1.165) is 40.6 Å². The lowest BCUT2D eigenvalue weighted by Gasteiger charge is -2.14. The number of nitrogens with one attached hydrogen (secondary N) is 2. The molecule has 0 spiro atoms. The van der Waals surface area contributed by atoms with Crippen LogP contribution in [0.2, 0.25) is 0 Å². The summed E-state index contributed by atoms with van der Waals surface area (Å²) >= 11 is 0. The summed E-state index contributed by atoms with van der Waals surface area (Å²) in [6, 6.07) is 20.4. The summed E-state index contributed by atoms with van der Waals surface area (Å²) in [6.07, 6.45) is 4.62. The van der Waals surface area contributed by atoms with Crippen molar-refractivity contribution in [3.05, 3.63) is 102 Å². The number of benzene rings is 1. The van der Waals surface area contributed by atoms with Gasteiger partial charge in [0.15, 0.2) is 0 Å². The highest BCUT2D eigenvalue weighted by atomic mass is 16.5. The molecule has 2 N–H and O–H groups in total. The lowest BCUT2D eigenvalue weighted by atomic mass is 9.93. The number of ether oxygens (including phenoxy) is 1. The summed E-state index contributed by atoms with van der Waals surface area (Å²) in [4.78, 5) is 6.54. The van der Waals surface area contributed by atoms with E-state index in [2.05, 4.69) is 46.4 Å². The van der Waals surface area contributed by atoms with Gasteiger partial charge in [-0.05, 0) is 54.1 Å². The maximum atomic E-state index is 6.18. The van der Waals surface area contributed by atoms with Gasteiger partial charge in [0, 0.05) is 30.2 Å². The molecule has 4 heteroatoms. The van der Waals surface area contributed by atoms with Gasteiger partial charge in [0.05, 0.1) is 13.0 Å². The average molecular weight is 332 g/mol. The summed E-state index contributed by atoms with van der Waals surface area (Å²) in [6.45, 7) is 0. The molecule has 4 aromatic rings. The van der Waals surface area contributed by atoms with E-state index < -0.39 is 0 Å². The predicted molar refractivity (Wildman–Crippen MR) is 97.0 cm³/mol. The highest BCUT2D eigenvalue weighted by molar-refractivity contribution is 5.40. The second-order valence-electron chi connectivity index (χ2n) is 6.01. The lowest BCUT2D eigenvalue weighted by molar-refractivity contribution is 0.414. The summed E-state index contributed by atoms with van der Waals surface area (Å²) in [5, 5.41) is 0. The molecule has 1 aromatic carbocycles. The monoisotopic (exact) mass is 332 g/mol. The first-order chi connectivity index (χ1) is 12.3. The van der Waals surface area contributed by atoms with E-state index in [4.69, 9.17) is 9.15 Å². The van der Waals surface area contributed by atoms with E-state index in [0.29, 0.717) is 0 Å². The number of hydrogen-bond donors (Lipinski definition) is 2. The second kappa shape index (κ2) is 6.77. The van der Waals surface area contributed by atoms with Crippen molar-refractivity contribution in [3.8, 4) is 5.75 Å². The van der Waals surface area contributed by atoms with Gasteiger partial charge in [-0.2, -0.15) is 0 Å². The molecule has 25 heavy (non-hydrogen) atoms. The first-order valence-corrected chi connectivity index (χ1v) is 8.31. The van der Waals surface area contributed by atoms with Crippen LogP contribution in [0.25, 0.3) is 0 Å². The lowest BCUT2D eigenvalue weighted by Crippen LogP contribution is -2.02. The first-order valence-electron chi connectivity index (χ1n) is 8.31. The highest BCUT2D eigenvalue weighted by Gasteiger charge is 2.21. The molecule has 0 aliphatic heterocycles. The molecule has 0 aliphatic rings. The Morgan fingerprint density at radius 2 is 1.72 bits per heavy atom. The molecule has 126 valence electrons. The standard InChI is InChI=1S/C21H20N2O2/c1-24-17-8-6-15(7-9-17)21(19-5-3-13-23-19)20-11-10-18(25-20)14-16-4-2-12-22-16/h2-13,21-23H,14H2,1H3. The second-order valence-corrected chi connectivity index (χ2v) is 6.01. The molecular formula is C21H20N2O2. The SMILES string of the molecule is COc1ccc(C(c2ccc[nH]2)c2ccc(Cc3ccc[nH]3)o2)cc1. The number of methoxy groups -OCH3 is 1. The van der Waals surface area contributed by atoms with Gasteiger partial charge in [-0.15, -0.1) is 0 Å². The minimum Gasteiger partial charge on any atom is -0.497 e. The fourth-order valence-corrected chi connectivity index (χ4v) is 3.13. The Balaban J connectivity index is 1.67. The van der Waals surface area contributed by atoms with Crippen LogP contribution in [0.5, 0.6) is 5.75 Å². The molecule has 0 amide bonds. The summed E-state index contributed by atoms with van der Waals surface area (Å²) in [7, 11) is 1.68. The van der Waals surface area contributed by atoms with Gasteiger partial charge < -0.3 is 19.1 Å². The Morgan fingerprint density at radius 1 is 0.920 bits per heavy atom. The number of furan rings is 1. The van der Waals surface area contributed by atoms with Gasteiger partial charge in [0.2, 0.25) is 0 Å². The Labute approximate surface area is 146 Å². The predicted octanol–water partition coefficient (Wildman–Crippen LogP) is 4.72. The van der Waals surface area contributed by atoms with Crippen LogP contribution in [-0.4, -0.2) is 17.1 Å². The molecule has 0 radical (unpaired) electrons. The molecule has 0 aliphatic carbocycles. The third-order valence-corrected chi connectivity index (χ3v) is 4.38. The van der Waals surface area contributed by atoms with Crippen LogP contribution in [0.1, 0.15) is 34.4 Å². The van der Waals surface area contributed by atoms with Gasteiger partial charge in [0.25, 0.3) is 0 Å². The molecule has 0 saturated carbocycles. The van der Waals surface area contributed by atoms with Crippen LogP contribution < -0.4 is 4.74 Å².